The van der Waals surface area contributed by atoms with Crippen molar-refractivity contribution in [3.8, 4) is 5.75 Å². The summed E-state index contributed by atoms with van der Waals surface area (Å²) in [5.41, 5.74) is -0.892. The standard InChI is InChI=1S/C32H35F6N3O5/c1-17(2)16-46-30(44)23(14-18-10-11-18)21(12-13-31(33,34)35)28(42)41-27-29(43)40-26-22(8-5-9-24(26)45-3)25(39-27)19-6-4-7-20(15-19)32(36,37)38/h4-9,15,17-18,21,23,27H,10-14,16H2,1-3H3,(H,40,43)(H,41,42)/t21-,23+,27+/m1/s1. The zero-order chi connectivity index (χ0) is 33.8. The van der Waals surface area contributed by atoms with Crippen molar-refractivity contribution in [2.24, 2.45) is 28.7 Å². The predicted molar refractivity (Wildman–Crippen MR) is 156 cm³/mol. The molecular weight excluding hydrogens is 620 g/mol. The topological polar surface area (TPSA) is 106 Å². The number of carbonyl (C=O) groups excluding carboxylic acids is 3. The number of anilines is 1. The second kappa shape index (κ2) is 14.1. The van der Waals surface area contributed by atoms with Crippen LogP contribution in [0.5, 0.6) is 5.75 Å². The lowest BCUT2D eigenvalue weighted by atomic mass is 9.83. The van der Waals surface area contributed by atoms with E-state index in [9.17, 15) is 40.7 Å². The summed E-state index contributed by atoms with van der Waals surface area (Å²) in [4.78, 5) is 44.8. The number of benzene rings is 2. The fraction of sp³-hybridized carbons (Fsp3) is 0.500. The summed E-state index contributed by atoms with van der Waals surface area (Å²) in [7, 11) is 1.32. The van der Waals surface area contributed by atoms with E-state index in [4.69, 9.17) is 9.47 Å². The number of carbonyl (C=O) groups is 3. The summed E-state index contributed by atoms with van der Waals surface area (Å²) in [6.07, 6.45) is -11.6. The highest BCUT2D eigenvalue weighted by Gasteiger charge is 2.42. The van der Waals surface area contributed by atoms with Gasteiger partial charge < -0.3 is 20.1 Å². The zero-order valence-electron chi connectivity index (χ0n) is 25.4. The lowest BCUT2D eigenvalue weighted by molar-refractivity contribution is -0.159. The van der Waals surface area contributed by atoms with Crippen LogP contribution < -0.4 is 15.4 Å². The molecule has 1 aliphatic heterocycles. The van der Waals surface area contributed by atoms with Crippen LogP contribution in [0.1, 0.15) is 62.6 Å². The van der Waals surface area contributed by atoms with E-state index in [1.165, 1.54) is 31.4 Å². The summed E-state index contributed by atoms with van der Waals surface area (Å²) in [6.45, 7) is 3.58. The molecule has 0 unspecified atom stereocenters. The summed E-state index contributed by atoms with van der Waals surface area (Å²) >= 11 is 0. The van der Waals surface area contributed by atoms with Gasteiger partial charge in [-0.05, 0) is 42.9 Å². The monoisotopic (exact) mass is 655 g/mol. The predicted octanol–water partition coefficient (Wildman–Crippen LogP) is 6.52. The fourth-order valence-corrected chi connectivity index (χ4v) is 5.22. The molecular formula is C32H35F6N3O5. The van der Waals surface area contributed by atoms with Crippen LogP contribution in [0.2, 0.25) is 0 Å². The Hall–Kier alpha value is -4.10. The summed E-state index contributed by atoms with van der Waals surface area (Å²) < 4.78 is 91.8. The van der Waals surface area contributed by atoms with Crippen molar-refractivity contribution < 1.29 is 50.2 Å². The molecule has 3 atom stereocenters. The number of hydrogen-bond donors (Lipinski definition) is 2. The van der Waals surface area contributed by atoms with Crippen LogP contribution in [0.4, 0.5) is 32.0 Å². The van der Waals surface area contributed by atoms with Gasteiger partial charge in [0.15, 0.2) is 0 Å². The Balaban J connectivity index is 1.75. The van der Waals surface area contributed by atoms with Gasteiger partial charge in [-0.25, -0.2) is 4.99 Å². The minimum absolute atomic E-state index is 0.00335. The van der Waals surface area contributed by atoms with Gasteiger partial charge in [0.05, 0.1) is 42.5 Å². The number of halogens is 6. The Labute approximate surface area is 261 Å². The van der Waals surface area contributed by atoms with Gasteiger partial charge in [0.1, 0.15) is 5.75 Å². The van der Waals surface area contributed by atoms with Gasteiger partial charge >= 0.3 is 18.3 Å². The van der Waals surface area contributed by atoms with E-state index in [0.717, 1.165) is 31.0 Å². The lowest BCUT2D eigenvalue weighted by Gasteiger charge is -2.27. The Kier molecular flexibility index (Phi) is 10.7. The molecule has 0 bridgehead atoms. The molecule has 14 heteroatoms. The molecule has 1 fully saturated rings. The highest BCUT2D eigenvalue weighted by molar-refractivity contribution is 6.20. The van der Waals surface area contributed by atoms with E-state index in [-0.39, 0.29) is 53.1 Å². The zero-order valence-corrected chi connectivity index (χ0v) is 25.4. The molecule has 2 aliphatic rings. The van der Waals surface area contributed by atoms with Gasteiger partial charge in [0, 0.05) is 17.5 Å². The second-order valence-corrected chi connectivity index (χ2v) is 11.9. The van der Waals surface area contributed by atoms with Gasteiger partial charge in [-0.2, -0.15) is 26.3 Å². The first-order valence-corrected chi connectivity index (χ1v) is 14.8. The van der Waals surface area contributed by atoms with Crippen molar-refractivity contribution in [1.29, 1.82) is 0 Å². The number of methoxy groups -OCH3 is 1. The smallest absolute Gasteiger partial charge is 0.416 e. The molecule has 2 aromatic rings. The number of benzodiazepines with no additional fused rings is 1. The van der Waals surface area contributed by atoms with E-state index in [2.05, 4.69) is 15.6 Å². The number of hydrogen-bond acceptors (Lipinski definition) is 6. The number of amides is 2. The van der Waals surface area contributed by atoms with Gasteiger partial charge in [0.25, 0.3) is 5.91 Å². The Morgan fingerprint density at radius 1 is 1.04 bits per heavy atom. The molecule has 4 rings (SSSR count). The summed E-state index contributed by atoms with van der Waals surface area (Å²) in [5, 5.41) is 4.96. The van der Waals surface area contributed by atoms with E-state index in [0.29, 0.717) is 0 Å². The van der Waals surface area contributed by atoms with Gasteiger partial charge in [-0.3, -0.25) is 14.4 Å². The highest BCUT2D eigenvalue weighted by atomic mass is 19.4. The van der Waals surface area contributed by atoms with Crippen LogP contribution in [0.3, 0.4) is 0 Å². The Morgan fingerprint density at radius 2 is 1.74 bits per heavy atom. The van der Waals surface area contributed by atoms with Gasteiger partial charge in [-0.15, -0.1) is 0 Å². The first-order valence-electron chi connectivity index (χ1n) is 14.8. The maximum Gasteiger partial charge on any atom is 0.416 e. The van der Waals surface area contributed by atoms with E-state index in [1.807, 2.05) is 0 Å². The summed E-state index contributed by atoms with van der Waals surface area (Å²) in [5.74, 6) is -5.39. The SMILES string of the molecule is COc1cccc2c1NC(=O)[C@H](NC(=O)[C@H](CCC(F)(F)F)[C@H](CC1CC1)C(=O)OCC(C)C)N=C2c1cccc(C(F)(F)F)c1. The average Bonchev–Trinajstić information content (AvgIpc) is 3.82. The number of ether oxygens (including phenoxy) is 2. The molecule has 2 N–H and O–H groups in total. The third kappa shape index (κ3) is 9.00. The number of nitrogens with one attached hydrogen (secondary N) is 2. The van der Waals surface area contributed by atoms with Crippen molar-refractivity contribution in [2.75, 3.05) is 19.0 Å². The van der Waals surface area contributed by atoms with E-state index in [1.54, 1.807) is 13.8 Å². The average molecular weight is 656 g/mol. The molecule has 1 saturated carbocycles. The first kappa shape index (κ1) is 34.8. The van der Waals surface area contributed by atoms with Crippen LogP contribution in [0.15, 0.2) is 47.5 Å². The summed E-state index contributed by atoms with van der Waals surface area (Å²) in [6, 6.07) is 8.72. The number of para-hydroxylation sites is 1. The van der Waals surface area contributed by atoms with Gasteiger partial charge in [-0.1, -0.05) is 51.0 Å². The molecule has 1 heterocycles. The maximum atomic E-state index is 13.8. The van der Waals surface area contributed by atoms with E-state index >= 15 is 0 Å². The Morgan fingerprint density at radius 3 is 2.35 bits per heavy atom. The van der Waals surface area contributed by atoms with Crippen molar-refractivity contribution in [3.63, 3.8) is 0 Å². The fourth-order valence-electron chi connectivity index (χ4n) is 5.22. The molecule has 2 aromatic carbocycles. The van der Waals surface area contributed by atoms with Crippen LogP contribution >= 0.6 is 0 Å². The minimum atomic E-state index is -4.70. The van der Waals surface area contributed by atoms with Crippen molar-refractivity contribution in [3.05, 3.63) is 59.2 Å². The number of fused-ring (bicyclic) bond motifs is 1. The molecule has 250 valence electrons. The van der Waals surface area contributed by atoms with Gasteiger partial charge in [0.2, 0.25) is 12.1 Å². The molecule has 0 saturated heterocycles. The highest BCUT2D eigenvalue weighted by Crippen LogP contribution is 2.40. The minimum Gasteiger partial charge on any atom is -0.495 e. The molecule has 0 aromatic heterocycles. The third-order valence-corrected chi connectivity index (χ3v) is 7.71. The van der Waals surface area contributed by atoms with E-state index < -0.39 is 66.5 Å². The van der Waals surface area contributed by atoms with Crippen molar-refractivity contribution in [2.45, 2.75) is 64.5 Å². The third-order valence-electron chi connectivity index (χ3n) is 7.71. The normalized spacial score (nSPS) is 18.1. The molecule has 0 spiro atoms. The number of alkyl halides is 6. The molecule has 8 nitrogen and oxygen atoms in total. The quantitative estimate of drug-likeness (QED) is 0.200. The number of rotatable bonds is 12. The molecule has 1 aliphatic carbocycles. The van der Waals surface area contributed by atoms with Crippen molar-refractivity contribution >= 4 is 29.2 Å². The van der Waals surface area contributed by atoms with Crippen LogP contribution in [-0.4, -0.2) is 49.6 Å². The number of esters is 1. The first-order chi connectivity index (χ1) is 21.6. The second-order valence-electron chi connectivity index (χ2n) is 11.9. The van der Waals surface area contributed by atoms with Crippen molar-refractivity contribution in [1.82, 2.24) is 5.32 Å². The molecule has 46 heavy (non-hydrogen) atoms. The molecule has 0 radical (unpaired) electrons. The Bertz CT molecular complexity index is 1470. The number of nitrogens with zero attached hydrogens (tertiary/aromatic N) is 1. The number of aliphatic imine (C=N–C) groups is 1. The van der Waals surface area contributed by atoms with Crippen LogP contribution in [-0.2, 0) is 25.3 Å². The van der Waals surface area contributed by atoms with Crippen LogP contribution in [0.25, 0.3) is 0 Å². The largest absolute Gasteiger partial charge is 0.495 e. The lowest BCUT2D eigenvalue weighted by Crippen LogP contribution is -2.47. The molecule has 2 amide bonds. The van der Waals surface area contributed by atoms with Crippen LogP contribution in [0, 0.1) is 23.7 Å². The maximum absolute atomic E-state index is 13.8.